The van der Waals surface area contributed by atoms with Gasteiger partial charge in [0.05, 0.1) is 17.8 Å². The van der Waals surface area contributed by atoms with Crippen LogP contribution in [0.2, 0.25) is 0 Å². The molecule has 4 rings (SSSR count). The Balaban J connectivity index is 1.27. The first kappa shape index (κ1) is 19.0. The molecule has 3 heterocycles. The molecule has 0 saturated carbocycles. The van der Waals surface area contributed by atoms with Crippen molar-refractivity contribution in [1.29, 1.82) is 0 Å². The summed E-state index contributed by atoms with van der Waals surface area (Å²) in [5.41, 5.74) is 2.59. The van der Waals surface area contributed by atoms with E-state index < -0.39 is 0 Å². The Morgan fingerprint density at radius 1 is 0.897 bits per heavy atom. The number of carbonyl (C=O) groups is 1. The maximum atomic E-state index is 12.3. The zero-order chi connectivity index (χ0) is 19.9. The van der Waals surface area contributed by atoms with Gasteiger partial charge in [-0.1, -0.05) is 36.4 Å². The lowest BCUT2D eigenvalue weighted by atomic mass is 10.2. The van der Waals surface area contributed by atoms with Gasteiger partial charge in [-0.15, -0.1) is 0 Å². The molecule has 0 spiro atoms. The minimum absolute atomic E-state index is 0.199. The fourth-order valence-electron chi connectivity index (χ4n) is 3.32. The first-order valence-corrected chi connectivity index (χ1v) is 9.79. The van der Waals surface area contributed by atoms with Crippen molar-refractivity contribution in [2.75, 3.05) is 31.1 Å². The van der Waals surface area contributed by atoms with E-state index in [9.17, 15) is 4.79 Å². The van der Waals surface area contributed by atoms with Gasteiger partial charge in [0.2, 0.25) is 5.95 Å². The summed E-state index contributed by atoms with van der Waals surface area (Å²) >= 11 is 0. The molecule has 29 heavy (non-hydrogen) atoms. The van der Waals surface area contributed by atoms with Gasteiger partial charge in [0.1, 0.15) is 0 Å². The number of aromatic nitrogens is 3. The first-order chi connectivity index (χ1) is 14.3. The number of hydrogen-bond donors (Lipinski definition) is 1. The molecule has 2 aromatic heterocycles. The average molecular weight is 388 g/mol. The van der Waals surface area contributed by atoms with Gasteiger partial charge in [-0.25, -0.2) is 9.97 Å². The molecule has 3 aromatic rings. The van der Waals surface area contributed by atoms with Crippen LogP contribution in [0.4, 0.5) is 5.95 Å². The summed E-state index contributed by atoms with van der Waals surface area (Å²) in [4.78, 5) is 29.9. The van der Waals surface area contributed by atoms with Crippen LogP contribution in [0.5, 0.6) is 0 Å². The van der Waals surface area contributed by atoms with E-state index in [2.05, 4.69) is 54.3 Å². The van der Waals surface area contributed by atoms with Crippen LogP contribution in [0.25, 0.3) is 0 Å². The number of rotatable bonds is 6. The Kier molecular flexibility index (Phi) is 6.07. The molecule has 0 unspecified atom stereocenters. The third-order valence-electron chi connectivity index (χ3n) is 4.96. The second-order valence-electron chi connectivity index (χ2n) is 7.02. The molecular weight excluding hydrogens is 364 g/mol. The Morgan fingerprint density at radius 3 is 2.31 bits per heavy atom. The molecular formula is C22H24N6O. The van der Waals surface area contributed by atoms with Gasteiger partial charge in [0.25, 0.3) is 5.91 Å². The largest absolute Gasteiger partial charge is 0.346 e. The van der Waals surface area contributed by atoms with Gasteiger partial charge < -0.3 is 10.2 Å². The smallest absolute Gasteiger partial charge is 0.254 e. The van der Waals surface area contributed by atoms with Crippen molar-refractivity contribution < 1.29 is 4.79 Å². The molecule has 0 atom stereocenters. The Hall–Kier alpha value is -3.32. The monoisotopic (exact) mass is 388 g/mol. The predicted molar refractivity (Wildman–Crippen MR) is 111 cm³/mol. The Labute approximate surface area is 170 Å². The lowest BCUT2D eigenvalue weighted by Gasteiger charge is -2.34. The lowest BCUT2D eigenvalue weighted by molar-refractivity contribution is 0.0949. The number of hydrogen-bond acceptors (Lipinski definition) is 6. The summed E-state index contributed by atoms with van der Waals surface area (Å²) in [5, 5.41) is 2.84. The second kappa shape index (κ2) is 9.25. The van der Waals surface area contributed by atoms with Crippen molar-refractivity contribution in [1.82, 2.24) is 25.2 Å². The highest BCUT2D eigenvalue weighted by Gasteiger charge is 2.19. The molecule has 7 heteroatoms. The van der Waals surface area contributed by atoms with Crippen LogP contribution in [0.3, 0.4) is 0 Å². The Morgan fingerprint density at radius 2 is 1.62 bits per heavy atom. The van der Waals surface area contributed by atoms with Crippen LogP contribution >= 0.6 is 0 Å². The number of amides is 1. The van der Waals surface area contributed by atoms with Gasteiger partial charge in [0.15, 0.2) is 0 Å². The molecule has 0 aliphatic carbocycles. The topological polar surface area (TPSA) is 74.2 Å². The highest BCUT2D eigenvalue weighted by molar-refractivity contribution is 5.93. The molecule has 1 saturated heterocycles. The van der Waals surface area contributed by atoms with Crippen molar-refractivity contribution >= 4 is 11.9 Å². The summed E-state index contributed by atoms with van der Waals surface area (Å²) in [6, 6.07) is 16.1. The minimum Gasteiger partial charge on any atom is -0.346 e. The van der Waals surface area contributed by atoms with E-state index in [1.54, 1.807) is 18.6 Å². The van der Waals surface area contributed by atoms with Crippen molar-refractivity contribution in [3.63, 3.8) is 0 Å². The highest BCUT2D eigenvalue weighted by Crippen LogP contribution is 2.13. The summed E-state index contributed by atoms with van der Waals surface area (Å²) < 4.78 is 0. The number of anilines is 1. The fraction of sp³-hybridized carbons (Fsp3) is 0.273. The molecule has 0 radical (unpaired) electrons. The first-order valence-electron chi connectivity index (χ1n) is 9.79. The predicted octanol–water partition coefficient (Wildman–Crippen LogP) is 2.12. The van der Waals surface area contributed by atoms with E-state index in [0.29, 0.717) is 18.1 Å². The van der Waals surface area contributed by atoms with Crippen molar-refractivity contribution in [2.24, 2.45) is 0 Å². The van der Waals surface area contributed by atoms with E-state index in [1.165, 1.54) is 5.56 Å². The number of pyridine rings is 1. The second-order valence-corrected chi connectivity index (χ2v) is 7.02. The van der Waals surface area contributed by atoms with Crippen molar-refractivity contribution in [2.45, 2.75) is 13.1 Å². The lowest BCUT2D eigenvalue weighted by Crippen LogP contribution is -2.46. The van der Waals surface area contributed by atoms with E-state index in [1.807, 2.05) is 24.3 Å². The zero-order valence-electron chi connectivity index (χ0n) is 16.2. The van der Waals surface area contributed by atoms with E-state index in [-0.39, 0.29) is 5.91 Å². The van der Waals surface area contributed by atoms with Crippen molar-refractivity contribution in [3.8, 4) is 0 Å². The zero-order valence-corrected chi connectivity index (χ0v) is 16.2. The van der Waals surface area contributed by atoms with Crippen LogP contribution in [0, 0.1) is 0 Å². The van der Waals surface area contributed by atoms with Gasteiger partial charge in [-0.2, -0.15) is 0 Å². The maximum absolute atomic E-state index is 12.3. The molecule has 7 nitrogen and oxygen atoms in total. The van der Waals surface area contributed by atoms with E-state index >= 15 is 0 Å². The molecule has 148 valence electrons. The normalized spacial score (nSPS) is 14.6. The van der Waals surface area contributed by atoms with Gasteiger partial charge in [-0.05, 0) is 17.7 Å². The summed E-state index contributed by atoms with van der Waals surface area (Å²) in [6.45, 7) is 5.01. The molecule has 1 aliphatic heterocycles. The van der Waals surface area contributed by atoms with Crippen molar-refractivity contribution in [3.05, 3.63) is 83.9 Å². The number of piperazine rings is 1. The fourth-order valence-corrected chi connectivity index (χ4v) is 3.32. The van der Waals surface area contributed by atoms with Gasteiger partial charge in [0, 0.05) is 51.3 Å². The van der Waals surface area contributed by atoms with Gasteiger partial charge in [-0.3, -0.25) is 14.7 Å². The number of nitrogens with zero attached hydrogens (tertiary/aromatic N) is 5. The van der Waals surface area contributed by atoms with Crippen LogP contribution in [0.1, 0.15) is 21.6 Å². The summed E-state index contributed by atoms with van der Waals surface area (Å²) in [6.07, 6.45) is 4.89. The number of benzene rings is 1. The molecule has 1 amide bonds. The SMILES string of the molecule is O=C(NCc1ccccn1)c1cnc(N2CCN(Cc3ccccc3)CC2)nc1. The molecule has 1 aromatic carbocycles. The molecule has 0 bridgehead atoms. The average Bonchev–Trinajstić information content (AvgIpc) is 2.79. The summed E-state index contributed by atoms with van der Waals surface area (Å²) in [7, 11) is 0. The maximum Gasteiger partial charge on any atom is 0.254 e. The Bertz CT molecular complexity index is 909. The number of nitrogens with one attached hydrogen (secondary N) is 1. The molecule has 1 fully saturated rings. The number of carbonyl (C=O) groups excluding carboxylic acids is 1. The van der Waals surface area contributed by atoms with E-state index in [0.717, 1.165) is 38.4 Å². The van der Waals surface area contributed by atoms with Gasteiger partial charge >= 0.3 is 0 Å². The third kappa shape index (κ3) is 5.14. The van der Waals surface area contributed by atoms with Crippen LogP contribution in [0.15, 0.2) is 67.1 Å². The quantitative estimate of drug-likeness (QED) is 0.697. The molecule has 1 aliphatic rings. The van der Waals surface area contributed by atoms with E-state index in [4.69, 9.17) is 0 Å². The third-order valence-corrected chi connectivity index (χ3v) is 4.96. The summed E-state index contributed by atoms with van der Waals surface area (Å²) in [5.74, 6) is 0.473. The minimum atomic E-state index is -0.199. The standard InChI is InChI=1S/C22H24N6O/c29-21(24-16-20-8-4-5-9-23-20)19-14-25-22(26-15-19)28-12-10-27(11-13-28)17-18-6-2-1-3-7-18/h1-9,14-15H,10-13,16-17H2,(H,24,29). The van der Waals surface area contributed by atoms with Crippen LogP contribution in [-0.4, -0.2) is 51.9 Å². The van der Waals surface area contributed by atoms with Crippen LogP contribution in [-0.2, 0) is 13.1 Å². The van der Waals surface area contributed by atoms with Crippen LogP contribution < -0.4 is 10.2 Å². The molecule has 1 N–H and O–H groups in total. The highest BCUT2D eigenvalue weighted by atomic mass is 16.1.